The smallest absolute Gasteiger partial charge is 0.332 e. The van der Waals surface area contributed by atoms with Gasteiger partial charge < -0.3 is 19.3 Å². The summed E-state index contributed by atoms with van der Waals surface area (Å²) in [5, 5.41) is 2.77. The summed E-state index contributed by atoms with van der Waals surface area (Å²) in [5.74, 6) is -0.579. The van der Waals surface area contributed by atoms with Crippen LogP contribution in [0.5, 0.6) is 0 Å². The number of hydrogen-bond donors (Lipinski definition) is 1. The van der Waals surface area contributed by atoms with E-state index in [0.29, 0.717) is 13.2 Å². The van der Waals surface area contributed by atoms with Crippen molar-refractivity contribution in [3.05, 3.63) is 0 Å². The molecule has 0 spiro atoms. The first-order valence-electron chi connectivity index (χ1n) is 20.7. The van der Waals surface area contributed by atoms with Crippen molar-refractivity contribution < 1.29 is 23.5 Å². The molecular formula is C41H85N2O4+. The summed E-state index contributed by atoms with van der Waals surface area (Å²) in [6.45, 7) is 16.4. The molecule has 1 N–H and O–H groups in total. The largest absolute Gasteiger partial charge is 0.464 e. The van der Waals surface area contributed by atoms with Gasteiger partial charge in [-0.2, -0.15) is 0 Å². The summed E-state index contributed by atoms with van der Waals surface area (Å²) >= 11 is 0. The highest BCUT2D eigenvalue weighted by atomic mass is 16.6. The van der Waals surface area contributed by atoms with Gasteiger partial charge in [0, 0.05) is 6.54 Å². The molecule has 47 heavy (non-hydrogen) atoms. The number of nitrogens with one attached hydrogen (secondary N) is 1. The van der Waals surface area contributed by atoms with Gasteiger partial charge in [-0.1, -0.05) is 150 Å². The molecule has 0 heterocycles. The van der Waals surface area contributed by atoms with Crippen molar-refractivity contribution in [2.75, 3.05) is 53.0 Å². The molecule has 0 unspecified atom stereocenters. The molecule has 1 amide bonds. The Balaban J connectivity index is 0. The summed E-state index contributed by atoms with van der Waals surface area (Å²) in [5.41, 5.74) is 0. The standard InChI is InChI=1S/C25H54N.C16H31NO4/c1-5-8-11-14-17-20-23-26(4,24-21-18-15-12-9-6-2)25-22-19-16-13-10-7-3;1-3-5-7-9-11-17-15(18)13-20-14-16(19)21-12-10-8-6-4-2/h5-25H2,1-4H3;3-14H2,1-2H3,(H,17,18)/q+1;. The Morgan fingerprint density at radius 3 is 1.26 bits per heavy atom. The van der Waals surface area contributed by atoms with E-state index >= 15 is 0 Å². The van der Waals surface area contributed by atoms with Crippen LogP contribution in [0.15, 0.2) is 0 Å². The van der Waals surface area contributed by atoms with Crippen LogP contribution in [-0.2, 0) is 19.1 Å². The number of unbranched alkanes of at least 4 members (excludes halogenated alkanes) is 21. The number of rotatable bonds is 35. The van der Waals surface area contributed by atoms with Gasteiger partial charge in [-0.15, -0.1) is 0 Å². The van der Waals surface area contributed by atoms with Crippen LogP contribution < -0.4 is 5.32 Å². The minimum atomic E-state index is -0.401. The Bertz CT molecular complexity index is 576. The van der Waals surface area contributed by atoms with Crippen molar-refractivity contribution in [3.8, 4) is 0 Å². The lowest BCUT2D eigenvalue weighted by atomic mass is 10.1. The monoisotopic (exact) mass is 670 g/mol. The number of carbonyl (C=O) groups is 2. The number of hydrogen-bond acceptors (Lipinski definition) is 4. The first kappa shape index (κ1) is 48.0. The van der Waals surface area contributed by atoms with Gasteiger partial charge >= 0.3 is 5.97 Å². The Kier molecular flexibility index (Phi) is 40.1. The van der Waals surface area contributed by atoms with Gasteiger partial charge in [0.2, 0.25) is 5.91 Å². The fourth-order valence-corrected chi connectivity index (χ4v) is 5.97. The van der Waals surface area contributed by atoms with E-state index in [1.807, 2.05) is 0 Å². The van der Waals surface area contributed by atoms with Gasteiger partial charge in [-0.25, -0.2) is 4.79 Å². The maximum absolute atomic E-state index is 11.4. The number of quaternary nitrogens is 1. The maximum Gasteiger partial charge on any atom is 0.332 e. The first-order chi connectivity index (χ1) is 22.9. The van der Waals surface area contributed by atoms with E-state index in [1.54, 1.807) is 0 Å². The Morgan fingerprint density at radius 1 is 0.468 bits per heavy atom. The Morgan fingerprint density at radius 2 is 0.830 bits per heavy atom. The SMILES string of the molecule is CCCCCCCC[N+](C)(CCCCCCCC)CCCCCCCC.CCCCCCNC(=O)COCC(=O)OCCCCCC. The van der Waals surface area contributed by atoms with E-state index in [0.717, 1.165) is 38.5 Å². The molecule has 0 radical (unpaired) electrons. The van der Waals surface area contributed by atoms with Crippen LogP contribution in [-0.4, -0.2) is 69.4 Å². The van der Waals surface area contributed by atoms with Crippen molar-refractivity contribution in [2.24, 2.45) is 0 Å². The quantitative estimate of drug-likeness (QED) is 0.0414. The predicted octanol–water partition coefficient (Wildman–Crippen LogP) is 11.3. The Labute approximate surface area is 294 Å². The fraction of sp³-hybridized carbons (Fsp3) is 0.951. The van der Waals surface area contributed by atoms with Crippen LogP contribution in [0, 0.1) is 0 Å². The molecule has 0 aromatic rings. The van der Waals surface area contributed by atoms with E-state index in [1.165, 1.54) is 153 Å². The van der Waals surface area contributed by atoms with Gasteiger partial charge in [0.05, 0.1) is 33.3 Å². The van der Waals surface area contributed by atoms with Gasteiger partial charge in [0.25, 0.3) is 0 Å². The second-order valence-electron chi connectivity index (χ2n) is 14.3. The average molecular weight is 670 g/mol. The third-order valence-corrected chi connectivity index (χ3v) is 9.22. The van der Waals surface area contributed by atoms with Crippen LogP contribution in [0.1, 0.15) is 202 Å². The molecule has 0 saturated carbocycles. The van der Waals surface area contributed by atoms with Crippen LogP contribution in [0.3, 0.4) is 0 Å². The molecule has 0 bridgehead atoms. The summed E-state index contributed by atoms with van der Waals surface area (Å²) in [6, 6.07) is 0. The summed E-state index contributed by atoms with van der Waals surface area (Å²) in [4.78, 5) is 22.7. The number of carbonyl (C=O) groups excluding carboxylic acids is 2. The average Bonchev–Trinajstić information content (AvgIpc) is 3.06. The van der Waals surface area contributed by atoms with E-state index in [-0.39, 0.29) is 19.1 Å². The van der Waals surface area contributed by atoms with E-state index in [4.69, 9.17) is 9.47 Å². The molecule has 6 nitrogen and oxygen atoms in total. The maximum atomic E-state index is 11.4. The normalized spacial score (nSPS) is 11.3. The minimum Gasteiger partial charge on any atom is -0.464 e. The molecule has 0 aliphatic carbocycles. The number of ether oxygens (including phenoxy) is 2. The van der Waals surface area contributed by atoms with Crippen LogP contribution in [0.4, 0.5) is 0 Å². The zero-order valence-electron chi connectivity index (χ0n) is 32.9. The lowest BCUT2D eigenvalue weighted by molar-refractivity contribution is -0.910. The lowest BCUT2D eigenvalue weighted by Crippen LogP contribution is -2.46. The second-order valence-corrected chi connectivity index (χ2v) is 14.3. The van der Waals surface area contributed by atoms with Crippen molar-refractivity contribution >= 4 is 11.9 Å². The third kappa shape index (κ3) is 39.2. The van der Waals surface area contributed by atoms with Gasteiger partial charge in [-0.05, 0) is 51.4 Å². The summed E-state index contributed by atoms with van der Waals surface area (Å²) < 4.78 is 11.4. The molecule has 0 fully saturated rings. The molecule has 0 saturated heterocycles. The topological polar surface area (TPSA) is 64.6 Å². The molecule has 0 aliphatic rings. The summed E-state index contributed by atoms with van der Waals surface area (Å²) in [6.07, 6.45) is 34.6. The van der Waals surface area contributed by atoms with Crippen molar-refractivity contribution in [1.82, 2.24) is 5.32 Å². The molecular weight excluding hydrogens is 584 g/mol. The molecule has 0 aromatic carbocycles. The highest BCUT2D eigenvalue weighted by molar-refractivity contribution is 5.77. The van der Waals surface area contributed by atoms with Crippen molar-refractivity contribution in [3.63, 3.8) is 0 Å². The second kappa shape index (κ2) is 39.3. The number of nitrogens with zero attached hydrogens (tertiary/aromatic N) is 1. The third-order valence-electron chi connectivity index (χ3n) is 9.22. The molecule has 6 heteroatoms. The molecule has 0 rings (SSSR count). The highest BCUT2D eigenvalue weighted by Gasteiger charge is 2.20. The molecule has 0 atom stereocenters. The number of amides is 1. The zero-order valence-corrected chi connectivity index (χ0v) is 32.9. The van der Waals surface area contributed by atoms with Crippen LogP contribution >= 0.6 is 0 Å². The van der Waals surface area contributed by atoms with Gasteiger partial charge in [0.1, 0.15) is 13.2 Å². The van der Waals surface area contributed by atoms with E-state index < -0.39 is 5.97 Å². The molecule has 282 valence electrons. The van der Waals surface area contributed by atoms with Gasteiger partial charge in [-0.3, -0.25) is 4.79 Å². The highest BCUT2D eigenvalue weighted by Crippen LogP contribution is 2.16. The van der Waals surface area contributed by atoms with Crippen molar-refractivity contribution in [1.29, 1.82) is 0 Å². The minimum absolute atomic E-state index is 0.0846. The first-order valence-corrected chi connectivity index (χ1v) is 20.7. The van der Waals surface area contributed by atoms with Crippen LogP contribution in [0.25, 0.3) is 0 Å². The molecule has 0 aromatic heterocycles. The zero-order chi connectivity index (χ0) is 35.1. The predicted molar refractivity (Wildman–Crippen MR) is 204 cm³/mol. The number of esters is 1. The van der Waals surface area contributed by atoms with E-state index in [9.17, 15) is 9.59 Å². The summed E-state index contributed by atoms with van der Waals surface area (Å²) in [7, 11) is 2.56. The lowest BCUT2D eigenvalue weighted by Gasteiger charge is -2.35. The fourth-order valence-electron chi connectivity index (χ4n) is 5.97. The van der Waals surface area contributed by atoms with Crippen molar-refractivity contribution in [2.45, 2.75) is 202 Å². The van der Waals surface area contributed by atoms with Crippen LogP contribution in [0.2, 0.25) is 0 Å². The van der Waals surface area contributed by atoms with E-state index in [2.05, 4.69) is 47.0 Å². The van der Waals surface area contributed by atoms with Gasteiger partial charge in [0.15, 0.2) is 0 Å². The Hall–Kier alpha value is -1.14. The molecule has 0 aliphatic heterocycles.